The fourth-order valence-electron chi connectivity index (χ4n) is 1.03. The Morgan fingerprint density at radius 3 is 2.83 bits per heavy atom. The van der Waals surface area contributed by atoms with Crippen molar-refractivity contribution in [3.8, 4) is 0 Å². The number of hydrogen-bond donors (Lipinski definition) is 0. The fraction of sp³-hybridized carbons (Fsp3) is 0.750. The summed E-state index contributed by atoms with van der Waals surface area (Å²) in [6, 6.07) is 0. The minimum Gasteiger partial charge on any atom is -0.435 e. The lowest BCUT2D eigenvalue weighted by molar-refractivity contribution is -0.170. The second kappa shape index (κ2) is 4.21. The molecule has 0 radical (unpaired) electrons. The van der Waals surface area contributed by atoms with Gasteiger partial charge in [-0.2, -0.15) is 0 Å². The van der Waals surface area contributed by atoms with E-state index in [0.29, 0.717) is 6.61 Å². The summed E-state index contributed by atoms with van der Waals surface area (Å²) in [5.41, 5.74) is 0. The summed E-state index contributed by atoms with van der Waals surface area (Å²) < 4.78 is 9.89. The predicted molar refractivity (Wildman–Crippen MR) is 40.4 cm³/mol. The van der Waals surface area contributed by atoms with E-state index in [1.54, 1.807) is 0 Å². The first-order valence-electron chi connectivity index (χ1n) is 3.99. The van der Waals surface area contributed by atoms with Crippen molar-refractivity contribution in [1.29, 1.82) is 0 Å². The van der Waals surface area contributed by atoms with Gasteiger partial charge in [0.05, 0.1) is 6.61 Å². The fourth-order valence-corrected chi connectivity index (χ4v) is 1.03. The Kier molecular flexibility index (Phi) is 3.22. The minimum atomic E-state index is -0.491. The molecular formula is C8H12O4. The van der Waals surface area contributed by atoms with Crippen molar-refractivity contribution in [1.82, 2.24) is 0 Å². The van der Waals surface area contributed by atoms with Crippen LogP contribution >= 0.6 is 0 Å². The van der Waals surface area contributed by atoms with Gasteiger partial charge in [0.2, 0.25) is 6.29 Å². The zero-order valence-corrected chi connectivity index (χ0v) is 7.04. The predicted octanol–water partition coefficient (Wildman–Crippen LogP) is 0.645. The van der Waals surface area contributed by atoms with Crippen LogP contribution in [0.3, 0.4) is 0 Å². The molecule has 1 rings (SSSR count). The third-order valence-corrected chi connectivity index (χ3v) is 1.54. The van der Waals surface area contributed by atoms with Crippen LogP contribution in [0.4, 0.5) is 0 Å². The molecule has 0 N–H and O–H groups in total. The van der Waals surface area contributed by atoms with E-state index in [0.717, 1.165) is 12.8 Å². The Morgan fingerprint density at radius 1 is 1.58 bits per heavy atom. The molecule has 1 heterocycles. The second-order valence-corrected chi connectivity index (χ2v) is 2.81. The maximum atomic E-state index is 10.9. The average molecular weight is 172 g/mol. The topological polar surface area (TPSA) is 52.6 Å². The lowest BCUT2D eigenvalue weighted by Crippen LogP contribution is -2.18. The van der Waals surface area contributed by atoms with Crippen molar-refractivity contribution in [2.45, 2.75) is 32.5 Å². The van der Waals surface area contributed by atoms with E-state index in [2.05, 4.69) is 0 Å². The van der Waals surface area contributed by atoms with Crippen molar-refractivity contribution >= 4 is 11.8 Å². The van der Waals surface area contributed by atoms with Crippen molar-refractivity contribution in [2.75, 3.05) is 6.61 Å². The van der Waals surface area contributed by atoms with Crippen molar-refractivity contribution in [2.24, 2.45) is 0 Å². The summed E-state index contributed by atoms with van der Waals surface area (Å²) in [7, 11) is 0. The van der Waals surface area contributed by atoms with Crippen LogP contribution in [0.15, 0.2) is 0 Å². The van der Waals surface area contributed by atoms with Crippen molar-refractivity contribution in [3.63, 3.8) is 0 Å². The summed E-state index contributed by atoms with van der Waals surface area (Å²) in [6.45, 7) is 1.99. The van der Waals surface area contributed by atoms with E-state index in [1.165, 1.54) is 6.92 Å². The Bertz CT molecular complexity index is 181. The second-order valence-electron chi connectivity index (χ2n) is 2.81. The van der Waals surface area contributed by atoms with E-state index < -0.39 is 12.3 Å². The van der Waals surface area contributed by atoms with Gasteiger partial charge in [-0.3, -0.25) is 9.59 Å². The zero-order valence-electron chi connectivity index (χ0n) is 7.04. The third-order valence-electron chi connectivity index (χ3n) is 1.54. The van der Waals surface area contributed by atoms with Crippen molar-refractivity contribution in [3.05, 3.63) is 0 Å². The molecular weight excluding hydrogens is 160 g/mol. The monoisotopic (exact) mass is 172 g/mol. The smallest absolute Gasteiger partial charge is 0.315 e. The summed E-state index contributed by atoms with van der Waals surface area (Å²) in [5, 5.41) is 0. The van der Waals surface area contributed by atoms with Crippen molar-refractivity contribution < 1.29 is 19.1 Å². The number of carbonyl (C=O) groups is 2. The van der Waals surface area contributed by atoms with E-state index in [4.69, 9.17) is 9.47 Å². The maximum Gasteiger partial charge on any atom is 0.315 e. The molecule has 0 amide bonds. The molecule has 0 aromatic carbocycles. The highest BCUT2D eigenvalue weighted by Gasteiger charge is 2.20. The Hall–Kier alpha value is -0.900. The van der Waals surface area contributed by atoms with Crippen LogP contribution in [-0.4, -0.2) is 24.6 Å². The van der Waals surface area contributed by atoms with E-state index >= 15 is 0 Å². The minimum absolute atomic E-state index is 0.153. The van der Waals surface area contributed by atoms with Gasteiger partial charge in [0.1, 0.15) is 12.2 Å². The normalized spacial score (nSPS) is 22.2. The van der Waals surface area contributed by atoms with E-state index in [1.807, 2.05) is 0 Å². The lowest BCUT2D eigenvalue weighted by atomic mass is 10.3. The molecule has 1 aliphatic heterocycles. The molecule has 0 aromatic rings. The van der Waals surface area contributed by atoms with E-state index in [-0.39, 0.29) is 12.2 Å². The number of ether oxygens (including phenoxy) is 2. The molecule has 1 unspecified atom stereocenters. The number of carbonyl (C=O) groups excluding carboxylic acids is 2. The van der Waals surface area contributed by atoms with Gasteiger partial charge in [-0.25, -0.2) is 0 Å². The van der Waals surface area contributed by atoms with Gasteiger partial charge in [0.25, 0.3) is 0 Å². The van der Waals surface area contributed by atoms with Crippen LogP contribution < -0.4 is 0 Å². The Labute approximate surface area is 70.8 Å². The van der Waals surface area contributed by atoms with Gasteiger partial charge in [0, 0.05) is 6.42 Å². The lowest BCUT2D eigenvalue weighted by Gasteiger charge is -2.09. The molecule has 0 bridgehead atoms. The molecule has 68 valence electrons. The van der Waals surface area contributed by atoms with Gasteiger partial charge in [0.15, 0.2) is 0 Å². The van der Waals surface area contributed by atoms with Crippen LogP contribution in [0.5, 0.6) is 0 Å². The number of esters is 1. The van der Waals surface area contributed by atoms with Crippen LogP contribution in [0, 0.1) is 0 Å². The summed E-state index contributed by atoms with van der Waals surface area (Å²) in [5.74, 6) is -0.674. The third kappa shape index (κ3) is 3.00. The largest absolute Gasteiger partial charge is 0.435 e. The highest BCUT2D eigenvalue weighted by atomic mass is 16.7. The Morgan fingerprint density at radius 2 is 2.33 bits per heavy atom. The molecule has 0 saturated carbocycles. The number of Topliss-reactive ketones (excluding diaryl/α,β-unsaturated/α-hetero) is 1. The zero-order chi connectivity index (χ0) is 8.97. The standard InChI is InChI=1S/C8H12O4/c1-6(9)5-7(10)12-8-3-2-4-11-8/h8H,2-5H2,1H3. The van der Waals surface area contributed by atoms with E-state index in [9.17, 15) is 9.59 Å². The molecule has 4 nitrogen and oxygen atoms in total. The van der Waals surface area contributed by atoms with Gasteiger partial charge >= 0.3 is 5.97 Å². The molecule has 0 spiro atoms. The highest BCUT2D eigenvalue weighted by Crippen LogP contribution is 2.13. The van der Waals surface area contributed by atoms with Gasteiger partial charge in [-0.15, -0.1) is 0 Å². The average Bonchev–Trinajstić information content (AvgIpc) is 2.37. The first-order chi connectivity index (χ1) is 5.68. The molecule has 12 heavy (non-hydrogen) atoms. The number of hydrogen-bond acceptors (Lipinski definition) is 4. The maximum absolute atomic E-state index is 10.9. The number of ketones is 1. The highest BCUT2D eigenvalue weighted by molar-refractivity contribution is 5.94. The first-order valence-corrected chi connectivity index (χ1v) is 3.99. The first kappa shape index (κ1) is 9.19. The molecule has 1 aliphatic rings. The van der Waals surface area contributed by atoms with Crippen LogP contribution in [0.2, 0.25) is 0 Å². The molecule has 1 atom stereocenters. The van der Waals surface area contributed by atoms with Gasteiger partial charge in [-0.1, -0.05) is 0 Å². The quantitative estimate of drug-likeness (QED) is 0.463. The molecule has 0 aliphatic carbocycles. The molecule has 1 saturated heterocycles. The van der Waals surface area contributed by atoms with Gasteiger partial charge in [-0.05, 0) is 13.3 Å². The molecule has 1 fully saturated rings. The van der Waals surface area contributed by atoms with Crippen LogP contribution in [0.1, 0.15) is 26.2 Å². The van der Waals surface area contributed by atoms with Crippen LogP contribution in [-0.2, 0) is 19.1 Å². The Balaban J connectivity index is 2.20. The SMILES string of the molecule is CC(=O)CC(=O)OC1CCCO1. The van der Waals surface area contributed by atoms with Crippen LogP contribution in [0.25, 0.3) is 0 Å². The summed E-state index contributed by atoms with van der Waals surface area (Å²) in [4.78, 5) is 21.4. The molecule has 4 heteroatoms. The summed E-state index contributed by atoms with van der Waals surface area (Å²) >= 11 is 0. The van der Waals surface area contributed by atoms with Gasteiger partial charge < -0.3 is 9.47 Å². The number of rotatable bonds is 3. The molecule has 0 aromatic heterocycles. The summed E-state index contributed by atoms with van der Waals surface area (Å²) in [6.07, 6.45) is 1.08.